The van der Waals surface area contributed by atoms with Gasteiger partial charge in [-0.2, -0.15) is 0 Å². The van der Waals surface area contributed by atoms with E-state index in [0.29, 0.717) is 25.7 Å². The number of benzene rings is 1. The molecule has 0 aromatic heterocycles. The minimum atomic E-state index is -0.0268. The molecule has 0 aliphatic rings. The van der Waals surface area contributed by atoms with Crippen molar-refractivity contribution in [2.24, 2.45) is 5.92 Å². The Hall–Kier alpha value is -1.59. The Morgan fingerprint density at radius 3 is 2.32 bits per heavy atom. The zero-order valence-electron chi connectivity index (χ0n) is 14.0. The minimum Gasteiger partial charge on any atom is -0.497 e. The van der Waals surface area contributed by atoms with Crippen molar-refractivity contribution in [1.82, 2.24) is 10.6 Å². The second kappa shape index (κ2) is 10.2. The molecule has 0 fully saturated rings. The first-order valence-corrected chi connectivity index (χ1v) is 7.74. The highest BCUT2D eigenvalue weighted by molar-refractivity contribution is 5.72. The van der Waals surface area contributed by atoms with Crippen molar-refractivity contribution in [3.05, 3.63) is 29.8 Å². The first-order chi connectivity index (χ1) is 10.5. The second-order valence-electron chi connectivity index (χ2n) is 5.54. The van der Waals surface area contributed by atoms with E-state index >= 15 is 0 Å². The van der Waals surface area contributed by atoms with E-state index in [9.17, 15) is 4.79 Å². The molecule has 0 bridgehead atoms. The van der Waals surface area contributed by atoms with Crippen molar-refractivity contribution >= 4 is 5.91 Å². The zero-order chi connectivity index (χ0) is 16.4. The van der Waals surface area contributed by atoms with E-state index in [2.05, 4.69) is 36.6 Å². The maximum absolute atomic E-state index is 10.7. The molecular weight excluding hydrogens is 280 g/mol. The summed E-state index contributed by atoms with van der Waals surface area (Å²) in [7, 11) is 1.67. The maximum atomic E-state index is 10.7. The SMILES string of the molecule is COc1ccc([C@@H](NCCOCCNC(C)=O)C(C)C)cc1. The molecule has 0 radical (unpaired) electrons. The summed E-state index contributed by atoms with van der Waals surface area (Å²) in [5.74, 6) is 1.32. The highest BCUT2D eigenvalue weighted by Crippen LogP contribution is 2.23. The minimum absolute atomic E-state index is 0.0268. The van der Waals surface area contributed by atoms with Gasteiger partial charge in [-0.25, -0.2) is 0 Å². The van der Waals surface area contributed by atoms with Crippen LogP contribution in [0.2, 0.25) is 0 Å². The smallest absolute Gasteiger partial charge is 0.216 e. The summed E-state index contributed by atoms with van der Waals surface area (Å²) in [4.78, 5) is 10.7. The predicted octanol–water partition coefficient (Wildman–Crippen LogP) is 2.13. The van der Waals surface area contributed by atoms with Crippen LogP contribution in [0, 0.1) is 5.92 Å². The van der Waals surface area contributed by atoms with Crippen LogP contribution < -0.4 is 15.4 Å². The van der Waals surface area contributed by atoms with Gasteiger partial charge < -0.3 is 20.1 Å². The number of methoxy groups -OCH3 is 1. The summed E-state index contributed by atoms with van der Waals surface area (Å²) in [5, 5.41) is 6.22. The quantitative estimate of drug-likeness (QED) is 0.650. The van der Waals surface area contributed by atoms with Crippen LogP contribution in [0.4, 0.5) is 0 Å². The monoisotopic (exact) mass is 308 g/mol. The number of carbonyl (C=O) groups is 1. The molecule has 0 spiro atoms. The standard InChI is InChI=1S/C17H28N2O3/c1-13(2)17(15-5-7-16(21-4)8-6-15)19-10-12-22-11-9-18-14(3)20/h5-8,13,17,19H,9-12H2,1-4H3,(H,18,20)/t17-/m0/s1. The Labute approximate surface area is 133 Å². The maximum Gasteiger partial charge on any atom is 0.216 e. The molecule has 0 unspecified atom stereocenters. The number of ether oxygens (including phenoxy) is 2. The lowest BCUT2D eigenvalue weighted by Gasteiger charge is -2.23. The normalized spacial score (nSPS) is 12.2. The van der Waals surface area contributed by atoms with Crippen LogP contribution in [-0.2, 0) is 9.53 Å². The van der Waals surface area contributed by atoms with Crippen LogP contribution >= 0.6 is 0 Å². The fraction of sp³-hybridized carbons (Fsp3) is 0.588. The molecule has 0 heterocycles. The predicted molar refractivity (Wildman–Crippen MR) is 88.1 cm³/mol. The van der Waals surface area contributed by atoms with Gasteiger partial charge in [0.25, 0.3) is 0 Å². The first-order valence-electron chi connectivity index (χ1n) is 7.74. The summed E-state index contributed by atoms with van der Waals surface area (Å²) >= 11 is 0. The molecule has 1 rings (SSSR count). The number of nitrogens with one attached hydrogen (secondary N) is 2. The first kappa shape index (κ1) is 18.5. The van der Waals surface area contributed by atoms with Gasteiger partial charge in [0.2, 0.25) is 5.91 Å². The molecule has 0 saturated carbocycles. The van der Waals surface area contributed by atoms with Crippen molar-refractivity contribution in [3.63, 3.8) is 0 Å². The summed E-state index contributed by atoms with van der Waals surface area (Å²) in [6, 6.07) is 8.43. The highest BCUT2D eigenvalue weighted by atomic mass is 16.5. The van der Waals surface area contributed by atoms with Crippen LogP contribution in [0.3, 0.4) is 0 Å². The van der Waals surface area contributed by atoms with Gasteiger partial charge in [0.15, 0.2) is 0 Å². The molecule has 1 aromatic rings. The molecule has 1 amide bonds. The Morgan fingerprint density at radius 1 is 1.14 bits per heavy atom. The molecule has 5 nitrogen and oxygen atoms in total. The molecule has 1 aromatic carbocycles. The molecule has 5 heteroatoms. The molecule has 0 saturated heterocycles. The van der Waals surface area contributed by atoms with Crippen molar-refractivity contribution in [2.45, 2.75) is 26.8 Å². The molecule has 0 aliphatic carbocycles. The lowest BCUT2D eigenvalue weighted by Crippen LogP contribution is -2.30. The van der Waals surface area contributed by atoms with Crippen molar-refractivity contribution < 1.29 is 14.3 Å². The van der Waals surface area contributed by atoms with Crippen LogP contribution in [0.1, 0.15) is 32.4 Å². The van der Waals surface area contributed by atoms with E-state index in [1.807, 2.05) is 12.1 Å². The molecular formula is C17H28N2O3. The van der Waals surface area contributed by atoms with E-state index in [1.54, 1.807) is 7.11 Å². The number of hydrogen-bond donors (Lipinski definition) is 2. The Bertz CT molecular complexity index is 432. The molecule has 22 heavy (non-hydrogen) atoms. The lowest BCUT2D eigenvalue weighted by molar-refractivity contribution is -0.119. The van der Waals surface area contributed by atoms with E-state index in [-0.39, 0.29) is 11.9 Å². The van der Waals surface area contributed by atoms with Crippen LogP contribution in [0.5, 0.6) is 5.75 Å². The Morgan fingerprint density at radius 2 is 1.77 bits per heavy atom. The summed E-state index contributed by atoms with van der Waals surface area (Å²) in [6.45, 7) is 8.38. The van der Waals surface area contributed by atoms with E-state index in [0.717, 1.165) is 12.3 Å². The zero-order valence-corrected chi connectivity index (χ0v) is 14.0. The van der Waals surface area contributed by atoms with Crippen LogP contribution in [0.25, 0.3) is 0 Å². The van der Waals surface area contributed by atoms with Crippen LogP contribution in [-0.4, -0.2) is 39.3 Å². The van der Waals surface area contributed by atoms with Gasteiger partial charge in [0.1, 0.15) is 5.75 Å². The van der Waals surface area contributed by atoms with Crippen molar-refractivity contribution in [1.29, 1.82) is 0 Å². The Balaban J connectivity index is 2.33. The number of amides is 1. The Kier molecular flexibility index (Phi) is 8.55. The molecule has 124 valence electrons. The largest absolute Gasteiger partial charge is 0.497 e. The van der Waals surface area contributed by atoms with Gasteiger partial charge in [-0.15, -0.1) is 0 Å². The van der Waals surface area contributed by atoms with E-state index < -0.39 is 0 Å². The van der Waals surface area contributed by atoms with E-state index in [1.165, 1.54) is 12.5 Å². The average molecular weight is 308 g/mol. The molecule has 1 atom stereocenters. The highest BCUT2D eigenvalue weighted by Gasteiger charge is 2.14. The topological polar surface area (TPSA) is 59.6 Å². The van der Waals surface area contributed by atoms with Gasteiger partial charge in [0.05, 0.1) is 20.3 Å². The fourth-order valence-electron chi connectivity index (χ4n) is 2.24. The molecule has 2 N–H and O–H groups in total. The summed E-state index contributed by atoms with van der Waals surface area (Å²) in [6.07, 6.45) is 0. The van der Waals surface area contributed by atoms with Gasteiger partial charge in [-0.1, -0.05) is 26.0 Å². The van der Waals surface area contributed by atoms with Crippen molar-refractivity contribution in [3.8, 4) is 5.75 Å². The lowest BCUT2D eigenvalue weighted by atomic mass is 9.96. The van der Waals surface area contributed by atoms with E-state index in [4.69, 9.17) is 9.47 Å². The summed E-state index contributed by atoms with van der Waals surface area (Å²) < 4.78 is 10.7. The molecule has 0 aliphatic heterocycles. The van der Waals surface area contributed by atoms with Gasteiger partial charge >= 0.3 is 0 Å². The third kappa shape index (κ3) is 6.91. The van der Waals surface area contributed by atoms with Crippen LogP contribution in [0.15, 0.2) is 24.3 Å². The third-order valence-electron chi connectivity index (χ3n) is 3.37. The van der Waals surface area contributed by atoms with Gasteiger partial charge in [0, 0.05) is 26.1 Å². The summed E-state index contributed by atoms with van der Waals surface area (Å²) in [5.41, 5.74) is 1.24. The second-order valence-corrected chi connectivity index (χ2v) is 5.54. The fourth-order valence-corrected chi connectivity index (χ4v) is 2.24. The number of hydrogen-bond acceptors (Lipinski definition) is 4. The number of rotatable bonds is 10. The average Bonchev–Trinajstić information content (AvgIpc) is 2.49. The number of carbonyl (C=O) groups excluding carboxylic acids is 1. The third-order valence-corrected chi connectivity index (χ3v) is 3.37. The van der Waals surface area contributed by atoms with Gasteiger partial charge in [-0.05, 0) is 23.6 Å². The van der Waals surface area contributed by atoms with Crippen molar-refractivity contribution in [2.75, 3.05) is 33.4 Å². The van der Waals surface area contributed by atoms with Gasteiger partial charge in [-0.3, -0.25) is 4.79 Å².